The van der Waals surface area contributed by atoms with Gasteiger partial charge in [-0.15, -0.1) is 0 Å². The van der Waals surface area contributed by atoms with Crippen molar-refractivity contribution in [2.24, 2.45) is 0 Å². The zero-order valence-corrected chi connectivity index (χ0v) is 11.8. The molecule has 0 radical (unpaired) electrons. The fourth-order valence-corrected chi connectivity index (χ4v) is 2.64. The zero-order chi connectivity index (χ0) is 13.5. The number of aryl methyl sites for hydroxylation is 1. The highest BCUT2D eigenvalue weighted by molar-refractivity contribution is 5.73. The van der Waals surface area contributed by atoms with Crippen molar-refractivity contribution in [2.45, 2.75) is 38.6 Å². The maximum Gasteiger partial charge on any atom is 0.219 e. The summed E-state index contributed by atoms with van der Waals surface area (Å²) >= 11 is 0. The number of rotatable bonds is 5. The monoisotopic (exact) mass is 260 g/mol. The van der Waals surface area contributed by atoms with Gasteiger partial charge in [-0.05, 0) is 37.8 Å². The van der Waals surface area contributed by atoms with Crippen molar-refractivity contribution in [1.82, 2.24) is 10.2 Å². The van der Waals surface area contributed by atoms with Crippen LogP contribution in [0.25, 0.3) is 0 Å². The number of carbonyl (C=O) groups is 1. The van der Waals surface area contributed by atoms with Crippen LogP contribution in [0.4, 0.5) is 0 Å². The van der Waals surface area contributed by atoms with E-state index in [9.17, 15) is 4.79 Å². The van der Waals surface area contributed by atoms with Gasteiger partial charge in [0.1, 0.15) is 0 Å². The van der Waals surface area contributed by atoms with E-state index in [1.165, 1.54) is 12.0 Å². The van der Waals surface area contributed by atoms with Crippen LogP contribution in [-0.2, 0) is 11.2 Å². The summed E-state index contributed by atoms with van der Waals surface area (Å²) in [4.78, 5) is 13.2. The third-order valence-corrected chi connectivity index (χ3v) is 3.86. The average Bonchev–Trinajstić information content (AvgIpc) is 2.45. The van der Waals surface area contributed by atoms with E-state index in [1.54, 1.807) is 6.92 Å². The topological polar surface area (TPSA) is 32.3 Å². The molecule has 0 saturated carbocycles. The first-order valence-corrected chi connectivity index (χ1v) is 7.28. The van der Waals surface area contributed by atoms with Gasteiger partial charge in [0.2, 0.25) is 5.91 Å². The molecule has 1 aromatic rings. The van der Waals surface area contributed by atoms with Crippen molar-refractivity contribution in [1.29, 1.82) is 0 Å². The van der Waals surface area contributed by atoms with Gasteiger partial charge in [-0.25, -0.2) is 0 Å². The highest BCUT2D eigenvalue weighted by atomic mass is 16.2. The molecule has 104 valence electrons. The van der Waals surface area contributed by atoms with Crippen LogP contribution in [0.15, 0.2) is 30.3 Å². The van der Waals surface area contributed by atoms with Crippen molar-refractivity contribution < 1.29 is 4.79 Å². The minimum absolute atomic E-state index is 0.211. The van der Waals surface area contributed by atoms with E-state index in [2.05, 4.69) is 35.6 Å². The molecule has 0 aromatic heterocycles. The second-order valence-corrected chi connectivity index (χ2v) is 5.32. The summed E-state index contributed by atoms with van der Waals surface area (Å²) in [6.45, 7) is 4.55. The van der Waals surface area contributed by atoms with Gasteiger partial charge in [-0.1, -0.05) is 30.3 Å². The smallest absolute Gasteiger partial charge is 0.219 e. The number of hydrogen-bond acceptors (Lipinski definition) is 2. The first-order valence-electron chi connectivity index (χ1n) is 7.28. The van der Waals surface area contributed by atoms with Crippen LogP contribution >= 0.6 is 0 Å². The largest absolute Gasteiger partial charge is 0.343 e. The molecule has 0 unspecified atom stereocenters. The molecule has 1 aliphatic rings. The standard InChI is InChI=1S/C16H24N2O/c1-14(19)18-12-9-16(10-13-18)17-11-5-8-15-6-3-2-4-7-15/h2-4,6-7,16-17H,5,8-13H2,1H3. The Morgan fingerprint density at radius 3 is 2.58 bits per heavy atom. The minimum Gasteiger partial charge on any atom is -0.343 e. The van der Waals surface area contributed by atoms with E-state index < -0.39 is 0 Å². The molecule has 3 heteroatoms. The first-order chi connectivity index (χ1) is 9.25. The molecule has 1 saturated heterocycles. The van der Waals surface area contributed by atoms with Crippen LogP contribution in [0.1, 0.15) is 31.7 Å². The lowest BCUT2D eigenvalue weighted by Crippen LogP contribution is -2.44. The van der Waals surface area contributed by atoms with Crippen LogP contribution in [0.5, 0.6) is 0 Å². The summed E-state index contributed by atoms with van der Waals surface area (Å²) in [5.74, 6) is 0.211. The molecule has 1 heterocycles. The number of piperidine rings is 1. The summed E-state index contributed by atoms with van der Waals surface area (Å²) in [6.07, 6.45) is 4.49. The lowest BCUT2D eigenvalue weighted by Gasteiger charge is -2.31. The van der Waals surface area contributed by atoms with Crippen molar-refractivity contribution in [3.63, 3.8) is 0 Å². The molecular formula is C16H24N2O. The Labute approximate surface area is 116 Å². The fraction of sp³-hybridized carbons (Fsp3) is 0.562. The average molecular weight is 260 g/mol. The van der Waals surface area contributed by atoms with Gasteiger partial charge in [-0.2, -0.15) is 0 Å². The SMILES string of the molecule is CC(=O)N1CCC(NCCCc2ccccc2)CC1. The number of amides is 1. The van der Waals surface area contributed by atoms with Crippen LogP contribution in [0.3, 0.4) is 0 Å². The van der Waals surface area contributed by atoms with Crippen molar-refractivity contribution in [3.8, 4) is 0 Å². The summed E-state index contributed by atoms with van der Waals surface area (Å²) in [5.41, 5.74) is 1.41. The Kier molecular flexibility index (Phi) is 5.40. The maximum atomic E-state index is 11.2. The van der Waals surface area contributed by atoms with E-state index in [4.69, 9.17) is 0 Å². The predicted molar refractivity (Wildman–Crippen MR) is 78.0 cm³/mol. The highest BCUT2D eigenvalue weighted by Crippen LogP contribution is 2.10. The van der Waals surface area contributed by atoms with E-state index in [0.717, 1.165) is 38.9 Å². The number of carbonyl (C=O) groups excluding carboxylic acids is 1. The highest BCUT2D eigenvalue weighted by Gasteiger charge is 2.19. The minimum atomic E-state index is 0.211. The Morgan fingerprint density at radius 2 is 1.95 bits per heavy atom. The van der Waals surface area contributed by atoms with Gasteiger partial charge in [0.25, 0.3) is 0 Å². The Morgan fingerprint density at radius 1 is 1.26 bits per heavy atom. The van der Waals surface area contributed by atoms with Gasteiger partial charge >= 0.3 is 0 Å². The normalized spacial score (nSPS) is 16.6. The molecule has 0 spiro atoms. The molecule has 2 rings (SSSR count). The summed E-state index contributed by atoms with van der Waals surface area (Å²) in [6, 6.07) is 11.2. The number of hydrogen-bond donors (Lipinski definition) is 1. The van der Waals surface area contributed by atoms with Crippen LogP contribution < -0.4 is 5.32 Å². The molecule has 0 aliphatic carbocycles. The lowest BCUT2D eigenvalue weighted by atomic mass is 10.0. The summed E-state index contributed by atoms with van der Waals surface area (Å²) < 4.78 is 0. The zero-order valence-electron chi connectivity index (χ0n) is 11.8. The lowest BCUT2D eigenvalue weighted by molar-refractivity contribution is -0.129. The van der Waals surface area contributed by atoms with E-state index in [-0.39, 0.29) is 5.91 Å². The van der Waals surface area contributed by atoms with Crippen LogP contribution in [-0.4, -0.2) is 36.5 Å². The Hall–Kier alpha value is -1.35. The van der Waals surface area contributed by atoms with E-state index in [1.807, 2.05) is 4.90 Å². The van der Waals surface area contributed by atoms with Crippen molar-refractivity contribution in [3.05, 3.63) is 35.9 Å². The molecule has 0 atom stereocenters. The quantitative estimate of drug-likeness (QED) is 0.823. The third kappa shape index (κ3) is 4.67. The predicted octanol–water partition coefficient (Wildman–Crippen LogP) is 2.22. The molecule has 19 heavy (non-hydrogen) atoms. The fourth-order valence-electron chi connectivity index (χ4n) is 2.64. The van der Waals surface area contributed by atoms with Gasteiger partial charge in [0, 0.05) is 26.1 Å². The summed E-state index contributed by atoms with van der Waals surface area (Å²) in [5, 5.41) is 3.61. The van der Waals surface area contributed by atoms with Gasteiger partial charge in [-0.3, -0.25) is 4.79 Å². The maximum absolute atomic E-state index is 11.2. The third-order valence-electron chi connectivity index (χ3n) is 3.86. The Bertz CT molecular complexity index is 383. The number of nitrogens with zero attached hydrogens (tertiary/aromatic N) is 1. The van der Waals surface area contributed by atoms with Gasteiger partial charge in [0.15, 0.2) is 0 Å². The molecule has 1 fully saturated rings. The molecule has 1 aliphatic heterocycles. The molecule has 0 bridgehead atoms. The Balaban J connectivity index is 1.58. The molecule has 3 nitrogen and oxygen atoms in total. The molecular weight excluding hydrogens is 236 g/mol. The van der Waals surface area contributed by atoms with Crippen LogP contribution in [0.2, 0.25) is 0 Å². The molecule has 1 N–H and O–H groups in total. The van der Waals surface area contributed by atoms with Gasteiger partial charge in [0.05, 0.1) is 0 Å². The number of benzene rings is 1. The van der Waals surface area contributed by atoms with Crippen LogP contribution in [0, 0.1) is 0 Å². The van der Waals surface area contributed by atoms with E-state index in [0.29, 0.717) is 6.04 Å². The van der Waals surface area contributed by atoms with Crippen molar-refractivity contribution in [2.75, 3.05) is 19.6 Å². The second-order valence-electron chi connectivity index (χ2n) is 5.32. The molecule has 1 amide bonds. The summed E-state index contributed by atoms with van der Waals surface area (Å²) in [7, 11) is 0. The molecule has 1 aromatic carbocycles. The number of nitrogens with one attached hydrogen (secondary N) is 1. The number of likely N-dealkylation sites (tertiary alicyclic amines) is 1. The van der Waals surface area contributed by atoms with Gasteiger partial charge < -0.3 is 10.2 Å². The first kappa shape index (κ1) is 14.1. The van der Waals surface area contributed by atoms with E-state index >= 15 is 0 Å². The second kappa shape index (κ2) is 7.29. The van der Waals surface area contributed by atoms with Crippen molar-refractivity contribution >= 4 is 5.91 Å².